The molecule has 182 valence electrons. The molecule has 1 aliphatic heterocycles. The van der Waals surface area contributed by atoms with Gasteiger partial charge in [-0.1, -0.05) is 0 Å². The summed E-state index contributed by atoms with van der Waals surface area (Å²) in [4.78, 5) is 37.6. The Balaban J connectivity index is 1.24. The van der Waals surface area contributed by atoms with Crippen LogP contribution in [0.25, 0.3) is 33.6 Å². The van der Waals surface area contributed by atoms with Gasteiger partial charge in [-0.15, -0.1) is 0 Å². The van der Waals surface area contributed by atoms with Crippen molar-refractivity contribution in [2.75, 3.05) is 13.7 Å². The third-order valence-electron chi connectivity index (χ3n) is 9.04. The largest absolute Gasteiger partial charge is 0.494 e. The fourth-order valence-electron chi connectivity index (χ4n) is 6.98. The summed E-state index contributed by atoms with van der Waals surface area (Å²) in [5.74, 6) is 3.33. The summed E-state index contributed by atoms with van der Waals surface area (Å²) in [7, 11) is 3.62. The van der Waals surface area contributed by atoms with E-state index in [0.29, 0.717) is 41.1 Å². The predicted molar refractivity (Wildman–Crippen MR) is 134 cm³/mol. The Morgan fingerprint density at radius 3 is 2.89 bits per heavy atom. The summed E-state index contributed by atoms with van der Waals surface area (Å²) in [6.07, 6.45) is 5.27. The Hall–Kier alpha value is -3.68. The van der Waals surface area contributed by atoms with Gasteiger partial charge in [0.2, 0.25) is 0 Å². The Morgan fingerprint density at radius 1 is 1.22 bits per heavy atom. The maximum Gasteiger partial charge on any atom is 0.254 e. The van der Waals surface area contributed by atoms with Crippen molar-refractivity contribution in [3.63, 3.8) is 0 Å². The maximum atomic E-state index is 13.6. The lowest BCUT2D eigenvalue weighted by Crippen LogP contribution is -2.62. The zero-order chi connectivity index (χ0) is 24.3. The number of carbonyl (C=O) groups is 2. The number of hydrogen-bond donors (Lipinski definition) is 0. The number of ether oxygens (including phenoxy) is 1. The van der Waals surface area contributed by atoms with Crippen LogP contribution in [0.4, 0.5) is 0 Å². The number of nitrogens with zero attached hydrogens (tertiary/aromatic N) is 5. The van der Waals surface area contributed by atoms with Crippen LogP contribution in [0.2, 0.25) is 0 Å². The van der Waals surface area contributed by atoms with Crippen LogP contribution in [0.1, 0.15) is 29.6 Å². The van der Waals surface area contributed by atoms with Crippen LogP contribution in [0.15, 0.2) is 36.5 Å². The number of carbonyl (C=O) groups excluding carboxylic acids is 2. The minimum Gasteiger partial charge on any atom is -0.494 e. The summed E-state index contributed by atoms with van der Waals surface area (Å²) in [6.45, 7) is 1.60. The molecule has 4 aromatic rings. The number of Topliss-reactive ketones (excluding diaryl/α,β-unsaturated/α-hetero) is 1. The highest BCUT2D eigenvalue weighted by Crippen LogP contribution is 2.58. The van der Waals surface area contributed by atoms with Crippen LogP contribution in [0.5, 0.6) is 5.75 Å². The number of rotatable bonds is 5. The van der Waals surface area contributed by atoms with Gasteiger partial charge in [0, 0.05) is 49.1 Å². The van der Waals surface area contributed by atoms with Crippen molar-refractivity contribution < 1.29 is 14.3 Å². The van der Waals surface area contributed by atoms with Crippen LogP contribution in [-0.4, -0.2) is 55.4 Å². The van der Waals surface area contributed by atoms with Crippen molar-refractivity contribution in [1.29, 1.82) is 0 Å². The second-order valence-electron chi connectivity index (χ2n) is 11.0. The average molecular weight is 482 g/mol. The van der Waals surface area contributed by atoms with Gasteiger partial charge in [-0.25, -0.2) is 9.97 Å². The molecule has 0 spiro atoms. The highest BCUT2D eigenvalue weighted by Gasteiger charge is 2.67. The molecule has 0 bridgehead atoms. The van der Waals surface area contributed by atoms with E-state index in [9.17, 15) is 9.59 Å². The SMILES string of the molecule is COc1cc(C(=O)N2C[C@H]3CC4C(=O)[C@@H]2[C@H]43)cc2nc(-c3cc4cccnc4n3CC3CC3)n(C)c12. The molecule has 1 unspecified atom stereocenters. The molecule has 1 aromatic carbocycles. The summed E-state index contributed by atoms with van der Waals surface area (Å²) in [5.41, 5.74) is 4.09. The second kappa shape index (κ2) is 6.96. The Bertz CT molecular complexity index is 1610. The summed E-state index contributed by atoms with van der Waals surface area (Å²) < 4.78 is 10.1. The van der Waals surface area contributed by atoms with Gasteiger partial charge in [0.25, 0.3) is 5.91 Å². The number of ketones is 1. The number of aromatic nitrogens is 4. The molecule has 4 atom stereocenters. The van der Waals surface area contributed by atoms with Crippen LogP contribution < -0.4 is 4.74 Å². The number of hydrogen-bond acceptors (Lipinski definition) is 5. The Labute approximate surface area is 207 Å². The minimum absolute atomic E-state index is 0.0966. The van der Waals surface area contributed by atoms with Crippen molar-refractivity contribution in [2.24, 2.45) is 30.7 Å². The Morgan fingerprint density at radius 2 is 2.08 bits per heavy atom. The van der Waals surface area contributed by atoms with Crippen LogP contribution in [-0.2, 0) is 18.4 Å². The molecule has 8 rings (SSSR count). The first-order valence-corrected chi connectivity index (χ1v) is 12.9. The quantitative estimate of drug-likeness (QED) is 0.435. The molecule has 0 radical (unpaired) electrons. The first-order chi connectivity index (χ1) is 17.5. The number of imidazole rings is 1. The lowest BCUT2D eigenvalue weighted by molar-refractivity contribution is -0.150. The number of amides is 1. The van der Waals surface area contributed by atoms with E-state index in [-0.39, 0.29) is 23.7 Å². The van der Waals surface area contributed by atoms with Crippen molar-refractivity contribution in [3.05, 3.63) is 42.1 Å². The summed E-state index contributed by atoms with van der Waals surface area (Å²) >= 11 is 0. The van der Waals surface area contributed by atoms with Gasteiger partial charge in [0.15, 0.2) is 11.6 Å². The first-order valence-electron chi connectivity index (χ1n) is 12.9. The highest BCUT2D eigenvalue weighted by atomic mass is 16.5. The van der Waals surface area contributed by atoms with Crippen molar-refractivity contribution >= 4 is 33.8 Å². The van der Waals surface area contributed by atoms with E-state index < -0.39 is 0 Å². The number of methoxy groups -OCH3 is 1. The van der Waals surface area contributed by atoms with Gasteiger partial charge in [0.1, 0.15) is 16.9 Å². The van der Waals surface area contributed by atoms with Gasteiger partial charge in [-0.05, 0) is 61.4 Å². The predicted octanol–water partition coefficient (Wildman–Crippen LogP) is 3.67. The maximum absolute atomic E-state index is 13.6. The monoisotopic (exact) mass is 481 g/mol. The molecule has 1 saturated heterocycles. The number of aryl methyl sites for hydroxylation is 1. The van der Waals surface area contributed by atoms with E-state index in [0.717, 1.165) is 41.0 Å². The molecule has 3 aromatic heterocycles. The molecule has 0 N–H and O–H groups in total. The smallest absolute Gasteiger partial charge is 0.254 e. The number of benzene rings is 1. The third-order valence-corrected chi connectivity index (χ3v) is 9.04. The number of fused-ring (bicyclic) bond motifs is 2. The topological polar surface area (TPSA) is 82.2 Å². The van der Waals surface area contributed by atoms with E-state index in [1.54, 1.807) is 18.1 Å². The number of likely N-dealkylation sites (tertiary alicyclic amines) is 1. The van der Waals surface area contributed by atoms with Gasteiger partial charge in [0.05, 0.1) is 24.4 Å². The van der Waals surface area contributed by atoms with Gasteiger partial charge < -0.3 is 18.8 Å². The molecule has 4 aliphatic rings. The Kier molecular flexibility index (Phi) is 3.96. The van der Waals surface area contributed by atoms with Crippen molar-refractivity contribution in [1.82, 2.24) is 24.0 Å². The zero-order valence-corrected chi connectivity index (χ0v) is 20.3. The number of pyridine rings is 1. The van der Waals surface area contributed by atoms with E-state index >= 15 is 0 Å². The minimum atomic E-state index is -0.229. The van der Waals surface area contributed by atoms with Crippen LogP contribution in [0, 0.1) is 23.7 Å². The van der Waals surface area contributed by atoms with Crippen LogP contribution >= 0.6 is 0 Å². The molecule has 36 heavy (non-hydrogen) atoms. The molecule has 1 amide bonds. The van der Waals surface area contributed by atoms with E-state index in [1.165, 1.54) is 12.8 Å². The molecule has 8 heteroatoms. The fourth-order valence-corrected chi connectivity index (χ4v) is 6.98. The van der Waals surface area contributed by atoms with E-state index in [4.69, 9.17) is 9.72 Å². The second-order valence-corrected chi connectivity index (χ2v) is 11.0. The highest BCUT2D eigenvalue weighted by molar-refractivity contribution is 6.05. The van der Waals surface area contributed by atoms with Crippen molar-refractivity contribution in [3.8, 4) is 17.3 Å². The van der Waals surface area contributed by atoms with E-state index in [2.05, 4.69) is 26.3 Å². The first kappa shape index (κ1) is 20.5. The summed E-state index contributed by atoms with van der Waals surface area (Å²) in [6, 6.07) is 9.64. The molecular formula is C28H27N5O3. The average Bonchev–Trinajstić information content (AvgIpc) is 3.51. The molecule has 4 fully saturated rings. The van der Waals surface area contributed by atoms with Gasteiger partial charge in [-0.2, -0.15) is 0 Å². The lowest BCUT2D eigenvalue weighted by atomic mass is 9.52. The molecular weight excluding hydrogens is 454 g/mol. The standard InChI is InChI=1S/C28H27N5O3/c1-31-23-19(30-27(31)20-10-15-4-3-7-29-26(15)32(20)12-14-5-6-14)9-16(11-21(23)36-2)28(35)33-13-17-8-18-22(17)24(33)25(18)34/h3-4,7,9-11,14,17-18,22,24H,5-6,8,12-13H2,1-2H3/t17-,18?,22+,24+/m1/s1. The van der Waals surface area contributed by atoms with Crippen molar-refractivity contribution in [2.45, 2.75) is 31.8 Å². The van der Waals surface area contributed by atoms with Crippen LogP contribution in [0.3, 0.4) is 0 Å². The third kappa shape index (κ3) is 2.59. The molecule has 3 aliphatic carbocycles. The van der Waals surface area contributed by atoms with Gasteiger partial charge >= 0.3 is 0 Å². The van der Waals surface area contributed by atoms with Gasteiger partial charge in [-0.3, -0.25) is 9.59 Å². The van der Waals surface area contributed by atoms with E-state index in [1.807, 2.05) is 25.4 Å². The lowest BCUT2D eigenvalue weighted by Gasteiger charge is -2.50. The molecule has 4 heterocycles. The fraction of sp³-hybridized carbons (Fsp3) is 0.429. The normalized spacial score (nSPS) is 26.3. The molecule has 8 nitrogen and oxygen atoms in total. The zero-order valence-electron chi connectivity index (χ0n) is 20.3. The molecule has 3 saturated carbocycles. The summed E-state index contributed by atoms with van der Waals surface area (Å²) in [5, 5.41) is 1.09.